The highest BCUT2D eigenvalue weighted by Gasteiger charge is 2.28. The molecule has 0 bridgehead atoms. The second-order valence-electron chi connectivity index (χ2n) is 5.97. The molecule has 2 aromatic rings. The van der Waals surface area contributed by atoms with Crippen molar-refractivity contribution in [3.05, 3.63) is 63.3 Å². The highest BCUT2D eigenvalue weighted by Crippen LogP contribution is 2.40. The second-order valence-corrected chi connectivity index (χ2v) is 5.97. The maximum Gasteiger partial charge on any atom is 0.251 e. The van der Waals surface area contributed by atoms with Gasteiger partial charge in [-0.2, -0.15) is 0 Å². The number of fused-ring (bicyclic) bond motifs is 1. The molecule has 0 saturated heterocycles. The van der Waals surface area contributed by atoms with Crippen LogP contribution in [0.25, 0.3) is 0 Å². The summed E-state index contributed by atoms with van der Waals surface area (Å²) < 4.78 is 0. The molecule has 2 aliphatic rings. The fraction of sp³-hybridized carbons (Fsp3) is 0.412. The topological polar surface area (TPSA) is 45.8 Å². The van der Waals surface area contributed by atoms with Gasteiger partial charge in [0.05, 0.1) is 5.69 Å². The van der Waals surface area contributed by atoms with Gasteiger partial charge in [-0.25, -0.2) is 4.98 Å². The van der Waals surface area contributed by atoms with Crippen LogP contribution in [-0.4, -0.2) is 9.97 Å². The molecular weight excluding hydrogens is 248 g/mol. The van der Waals surface area contributed by atoms with Gasteiger partial charge in [0.15, 0.2) is 0 Å². The van der Waals surface area contributed by atoms with Gasteiger partial charge >= 0.3 is 0 Å². The summed E-state index contributed by atoms with van der Waals surface area (Å²) in [6, 6.07) is 10.2. The molecule has 1 unspecified atom stereocenters. The van der Waals surface area contributed by atoms with Crippen LogP contribution < -0.4 is 5.56 Å². The van der Waals surface area contributed by atoms with Crippen LogP contribution in [0.1, 0.15) is 60.2 Å². The minimum absolute atomic E-state index is 0.0000420. The van der Waals surface area contributed by atoms with E-state index in [1.54, 1.807) is 6.07 Å². The standard InChI is InChI=1S/C17H18N2O/c20-16-10-15(12-8-9-12)18-17(19-16)14-7-3-5-11-4-1-2-6-13(11)14/h1-2,4,6,10,12,14H,3,5,7-9H2,(H,18,19,20). The van der Waals surface area contributed by atoms with Crippen LogP contribution in [0.4, 0.5) is 0 Å². The SMILES string of the molecule is O=c1cc(C2CC2)nc(C2CCCc3ccccc32)[nH]1. The van der Waals surface area contributed by atoms with E-state index in [4.69, 9.17) is 4.98 Å². The van der Waals surface area contributed by atoms with E-state index in [1.807, 2.05) is 0 Å². The predicted octanol–water partition coefficient (Wildman–Crippen LogP) is 3.12. The number of rotatable bonds is 2. The van der Waals surface area contributed by atoms with Crippen molar-refractivity contribution >= 4 is 0 Å². The Morgan fingerprint density at radius 3 is 2.85 bits per heavy atom. The van der Waals surface area contributed by atoms with Crippen molar-refractivity contribution in [2.24, 2.45) is 0 Å². The van der Waals surface area contributed by atoms with Crippen LogP contribution in [0.5, 0.6) is 0 Å². The van der Waals surface area contributed by atoms with Gasteiger partial charge in [0.25, 0.3) is 5.56 Å². The van der Waals surface area contributed by atoms with Crippen molar-refractivity contribution in [3.8, 4) is 0 Å². The second kappa shape index (κ2) is 4.58. The summed E-state index contributed by atoms with van der Waals surface area (Å²) in [7, 11) is 0. The molecule has 20 heavy (non-hydrogen) atoms. The van der Waals surface area contributed by atoms with Gasteiger partial charge in [-0.05, 0) is 43.2 Å². The lowest BCUT2D eigenvalue weighted by Crippen LogP contribution is -2.19. The molecule has 1 atom stereocenters. The Kier molecular flexibility index (Phi) is 2.72. The molecule has 1 N–H and O–H groups in total. The van der Waals surface area contributed by atoms with Gasteiger partial charge < -0.3 is 4.98 Å². The molecule has 0 spiro atoms. The summed E-state index contributed by atoms with van der Waals surface area (Å²) in [5.74, 6) is 1.65. The number of nitrogens with one attached hydrogen (secondary N) is 1. The molecule has 1 heterocycles. The number of hydrogen-bond donors (Lipinski definition) is 1. The van der Waals surface area contributed by atoms with Crippen LogP contribution >= 0.6 is 0 Å². The molecule has 1 saturated carbocycles. The normalized spacial score (nSPS) is 21.5. The lowest BCUT2D eigenvalue weighted by atomic mass is 9.82. The third-order valence-corrected chi connectivity index (χ3v) is 4.47. The van der Waals surface area contributed by atoms with Crippen LogP contribution in [0.3, 0.4) is 0 Å². The van der Waals surface area contributed by atoms with Gasteiger partial charge in [-0.3, -0.25) is 4.79 Å². The predicted molar refractivity (Wildman–Crippen MR) is 78.1 cm³/mol. The summed E-state index contributed by atoms with van der Waals surface area (Å²) in [6.45, 7) is 0. The van der Waals surface area contributed by atoms with E-state index in [2.05, 4.69) is 29.2 Å². The molecule has 1 aromatic carbocycles. The summed E-state index contributed by atoms with van der Waals surface area (Å²) in [5, 5.41) is 0. The minimum atomic E-state index is -0.0000420. The van der Waals surface area contributed by atoms with E-state index in [0.717, 1.165) is 24.4 Å². The number of aromatic amines is 1. The number of H-pyrrole nitrogens is 1. The maximum absolute atomic E-state index is 11.9. The molecule has 3 heteroatoms. The van der Waals surface area contributed by atoms with Gasteiger partial charge in [0, 0.05) is 17.9 Å². The lowest BCUT2D eigenvalue weighted by Gasteiger charge is -2.24. The summed E-state index contributed by atoms with van der Waals surface area (Å²) in [4.78, 5) is 19.6. The van der Waals surface area contributed by atoms with Crippen molar-refractivity contribution in [2.45, 2.75) is 43.9 Å². The minimum Gasteiger partial charge on any atom is -0.310 e. The molecule has 0 radical (unpaired) electrons. The monoisotopic (exact) mass is 266 g/mol. The number of nitrogens with zero attached hydrogens (tertiary/aromatic N) is 1. The van der Waals surface area contributed by atoms with E-state index in [-0.39, 0.29) is 11.5 Å². The Hall–Kier alpha value is -1.90. The average Bonchev–Trinajstić information content (AvgIpc) is 3.30. The average molecular weight is 266 g/mol. The molecule has 0 aliphatic heterocycles. The molecule has 1 fully saturated rings. The fourth-order valence-corrected chi connectivity index (χ4v) is 3.29. The highest BCUT2D eigenvalue weighted by atomic mass is 16.1. The van der Waals surface area contributed by atoms with Crippen LogP contribution in [-0.2, 0) is 6.42 Å². The number of aryl methyl sites for hydroxylation is 1. The van der Waals surface area contributed by atoms with Crippen molar-refractivity contribution in [2.75, 3.05) is 0 Å². The molecule has 4 rings (SSSR count). The van der Waals surface area contributed by atoms with Gasteiger partial charge in [0.2, 0.25) is 0 Å². The third-order valence-electron chi connectivity index (χ3n) is 4.47. The zero-order chi connectivity index (χ0) is 13.5. The summed E-state index contributed by atoms with van der Waals surface area (Å²) in [5.41, 5.74) is 3.74. The van der Waals surface area contributed by atoms with Crippen LogP contribution in [0.2, 0.25) is 0 Å². The molecule has 2 aliphatic carbocycles. The Bertz CT molecular complexity index is 700. The Morgan fingerprint density at radius 2 is 2.00 bits per heavy atom. The summed E-state index contributed by atoms with van der Waals surface area (Å²) in [6.07, 6.45) is 5.74. The first-order chi connectivity index (χ1) is 9.81. The van der Waals surface area contributed by atoms with Crippen molar-refractivity contribution in [3.63, 3.8) is 0 Å². The largest absolute Gasteiger partial charge is 0.310 e. The van der Waals surface area contributed by atoms with E-state index in [1.165, 1.54) is 30.4 Å². The van der Waals surface area contributed by atoms with Crippen LogP contribution in [0.15, 0.2) is 35.1 Å². The van der Waals surface area contributed by atoms with Gasteiger partial charge in [-0.15, -0.1) is 0 Å². The molecule has 1 aromatic heterocycles. The van der Waals surface area contributed by atoms with E-state index in [0.29, 0.717) is 5.92 Å². The Balaban J connectivity index is 1.80. The zero-order valence-electron chi connectivity index (χ0n) is 11.4. The fourth-order valence-electron chi connectivity index (χ4n) is 3.29. The summed E-state index contributed by atoms with van der Waals surface area (Å²) >= 11 is 0. The van der Waals surface area contributed by atoms with Crippen molar-refractivity contribution in [1.29, 1.82) is 0 Å². The van der Waals surface area contributed by atoms with E-state index < -0.39 is 0 Å². The first-order valence-corrected chi connectivity index (χ1v) is 7.50. The van der Waals surface area contributed by atoms with Gasteiger partial charge in [-0.1, -0.05) is 24.3 Å². The highest BCUT2D eigenvalue weighted by molar-refractivity contribution is 5.36. The maximum atomic E-state index is 11.9. The van der Waals surface area contributed by atoms with Crippen molar-refractivity contribution < 1.29 is 0 Å². The number of aromatic nitrogens is 2. The quantitative estimate of drug-likeness (QED) is 0.907. The number of benzene rings is 1. The van der Waals surface area contributed by atoms with Crippen LogP contribution in [0, 0.1) is 0 Å². The lowest BCUT2D eigenvalue weighted by molar-refractivity contribution is 0.585. The molecular formula is C17H18N2O. The molecule has 102 valence electrons. The molecule has 0 amide bonds. The first kappa shape index (κ1) is 11.9. The van der Waals surface area contributed by atoms with Gasteiger partial charge in [0.1, 0.15) is 5.82 Å². The van der Waals surface area contributed by atoms with Crippen molar-refractivity contribution in [1.82, 2.24) is 9.97 Å². The molecule has 3 nitrogen and oxygen atoms in total. The number of hydrogen-bond acceptors (Lipinski definition) is 2. The zero-order valence-corrected chi connectivity index (χ0v) is 11.4. The Morgan fingerprint density at radius 1 is 1.15 bits per heavy atom. The smallest absolute Gasteiger partial charge is 0.251 e. The van der Waals surface area contributed by atoms with E-state index >= 15 is 0 Å². The third kappa shape index (κ3) is 2.07. The first-order valence-electron chi connectivity index (χ1n) is 7.50. The van der Waals surface area contributed by atoms with E-state index in [9.17, 15) is 4.79 Å². The Labute approximate surface area is 118 Å².